The van der Waals surface area contributed by atoms with Gasteiger partial charge in [-0.3, -0.25) is 14.9 Å². The maximum absolute atomic E-state index is 5.66. The van der Waals surface area contributed by atoms with Gasteiger partial charge in [-0.05, 0) is 43.3 Å². The van der Waals surface area contributed by atoms with Crippen molar-refractivity contribution in [1.29, 1.82) is 0 Å². The zero-order chi connectivity index (χ0) is 16.8. The van der Waals surface area contributed by atoms with Crippen LogP contribution in [-0.4, -0.2) is 26.9 Å². The van der Waals surface area contributed by atoms with Gasteiger partial charge in [0.15, 0.2) is 0 Å². The molecule has 0 unspecified atom stereocenters. The van der Waals surface area contributed by atoms with Crippen molar-refractivity contribution < 1.29 is 4.74 Å². The van der Waals surface area contributed by atoms with Gasteiger partial charge in [0.2, 0.25) is 5.88 Å². The van der Waals surface area contributed by atoms with Crippen molar-refractivity contribution >= 4 is 0 Å². The largest absolute Gasteiger partial charge is 0.438 e. The van der Waals surface area contributed by atoms with Crippen LogP contribution in [0.2, 0.25) is 0 Å². The van der Waals surface area contributed by atoms with Gasteiger partial charge in [-0.1, -0.05) is 18.2 Å². The molecule has 3 aromatic rings. The molecule has 2 aromatic heterocycles. The Kier molecular flexibility index (Phi) is 5.13. The van der Waals surface area contributed by atoms with Crippen LogP contribution in [0.1, 0.15) is 24.1 Å². The van der Waals surface area contributed by atoms with E-state index in [2.05, 4.69) is 52.0 Å². The molecule has 0 radical (unpaired) electrons. The quantitative estimate of drug-likeness (QED) is 0.690. The third-order valence-corrected chi connectivity index (χ3v) is 3.95. The van der Waals surface area contributed by atoms with Crippen LogP contribution in [0, 0.1) is 0 Å². The number of hydrogen-bond donors (Lipinski definition) is 0. The number of rotatable bonds is 6. The van der Waals surface area contributed by atoms with E-state index in [-0.39, 0.29) is 0 Å². The molecular formula is C19H20N4O. The highest BCUT2D eigenvalue weighted by atomic mass is 16.5. The monoisotopic (exact) mass is 320 g/mol. The van der Waals surface area contributed by atoms with Crippen LogP contribution >= 0.6 is 0 Å². The SMILES string of the molecule is C[C@H](c1cccnc1)N(C)Cc1ccc(Oc2cnccn2)cc1. The molecule has 0 aliphatic heterocycles. The second-order valence-corrected chi connectivity index (χ2v) is 5.67. The summed E-state index contributed by atoms with van der Waals surface area (Å²) in [5, 5.41) is 0. The molecule has 0 aliphatic rings. The summed E-state index contributed by atoms with van der Waals surface area (Å²) >= 11 is 0. The molecule has 0 aliphatic carbocycles. The third-order valence-electron chi connectivity index (χ3n) is 3.95. The zero-order valence-electron chi connectivity index (χ0n) is 13.8. The Morgan fingerprint density at radius 3 is 2.46 bits per heavy atom. The summed E-state index contributed by atoms with van der Waals surface area (Å²) < 4.78 is 5.66. The average Bonchev–Trinajstić information content (AvgIpc) is 2.64. The molecule has 0 fully saturated rings. The van der Waals surface area contributed by atoms with Gasteiger partial charge in [0.05, 0.1) is 6.20 Å². The van der Waals surface area contributed by atoms with E-state index in [0.717, 1.165) is 12.3 Å². The molecule has 24 heavy (non-hydrogen) atoms. The smallest absolute Gasteiger partial charge is 0.237 e. The lowest BCUT2D eigenvalue weighted by atomic mass is 10.1. The first-order valence-corrected chi connectivity index (χ1v) is 7.85. The zero-order valence-corrected chi connectivity index (χ0v) is 13.8. The summed E-state index contributed by atoms with van der Waals surface area (Å²) in [5.41, 5.74) is 2.43. The molecule has 3 rings (SSSR count). The van der Waals surface area contributed by atoms with Crippen LogP contribution in [0.15, 0.2) is 67.4 Å². The molecular weight excluding hydrogens is 300 g/mol. The van der Waals surface area contributed by atoms with Crippen molar-refractivity contribution in [2.75, 3.05) is 7.05 Å². The highest BCUT2D eigenvalue weighted by Gasteiger charge is 2.12. The Balaban J connectivity index is 1.61. The summed E-state index contributed by atoms with van der Waals surface area (Å²) in [5.74, 6) is 1.25. The molecule has 1 atom stereocenters. The summed E-state index contributed by atoms with van der Waals surface area (Å²) in [7, 11) is 2.11. The second-order valence-electron chi connectivity index (χ2n) is 5.67. The minimum Gasteiger partial charge on any atom is -0.438 e. The fourth-order valence-corrected chi connectivity index (χ4v) is 2.42. The summed E-state index contributed by atoms with van der Waals surface area (Å²) in [6.45, 7) is 3.03. The van der Waals surface area contributed by atoms with E-state index in [0.29, 0.717) is 11.9 Å². The number of hydrogen-bond acceptors (Lipinski definition) is 5. The lowest BCUT2D eigenvalue weighted by Crippen LogP contribution is -2.21. The van der Waals surface area contributed by atoms with Crippen LogP contribution in [0.5, 0.6) is 11.6 Å². The molecule has 0 spiro atoms. The second kappa shape index (κ2) is 7.66. The fraction of sp³-hybridized carbons (Fsp3) is 0.211. The van der Waals surface area contributed by atoms with Crippen LogP contribution < -0.4 is 4.74 Å². The van der Waals surface area contributed by atoms with Gasteiger partial charge in [0.1, 0.15) is 5.75 Å². The average molecular weight is 320 g/mol. The molecule has 1 aromatic carbocycles. The van der Waals surface area contributed by atoms with E-state index in [1.165, 1.54) is 11.1 Å². The standard InChI is InChI=1S/C19H20N4O/c1-15(17-4-3-9-20-12-17)23(2)14-16-5-7-18(8-6-16)24-19-13-21-10-11-22-19/h3-13,15H,14H2,1-2H3/t15-/m1/s1. The number of ether oxygens (including phenoxy) is 1. The van der Waals surface area contributed by atoms with Crippen molar-refractivity contribution in [2.45, 2.75) is 19.5 Å². The van der Waals surface area contributed by atoms with Crippen LogP contribution in [0.25, 0.3) is 0 Å². The van der Waals surface area contributed by atoms with E-state index in [9.17, 15) is 0 Å². The molecule has 0 bridgehead atoms. The van der Waals surface area contributed by atoms with Crippen molar-refractivity contribution in [3.63, 3.8) is 0 Å². The summed E-state index contributed by atoms with van der Waals surface area (Å²) in [4.78, 5) is 14.6. The molecule has 0 N–H and O–H groups in total. The number of nitrogens with zero attached hydrogens (tertiary/aromatic N) is 4. The maximum Gasteiger partial charge on any atom is 0.237 e. The summed E-state index contributed by atoms with van der Waals surface area (Å²) in [6, 6.07) is 12.4. The van der Waals surface area contributed by atoms with Crippen molar-refractivity contribution in [3.05, 3.63) is 78.5 Å². The summed E-state index contributed by atoms with van der Waals surface area (Å²) in [6.07, 6.45) is 8.54. The highest BCUT2D eigenvalue weighted by molar-refractivity contribution is 5.30. The fourth-order valence-electron chi connectivity index (χ4n) is 2.42. The predicted molar refractivity (Wildman–Crippen MR) is 92.7 cm³/mol. The normalized spacial score (nSPS) is 12.1. The lowest BCUT2D eigenvalue weighted by molar-refractivity contribution is 0.252. The third kappa shape index (κ3) is 4.14. The van der Waals surface area contributed by atoms with Crippen LogP contribution in [0.3, 0.4) is 0 Å². The van der Waals surface area contributed by atoms with E-state index in [1.807, 2.05) is 24.4 Å². The molecule has 122 valence electrons. The first-order valence-electron chi connectivity index (χ1n) is 7.85. The number of benzene rings is 1. The topological polar surface area (TPSA) is 51.1 Å². The van der Waals surface area contributed by atoms with Crippen molar-refractivity contribution in [2.24, 2.45) is 0 Å². The molecule has 5 nitrogen and oxygen atoms in total. The van der Waals surface area contributed by atoms with E-state index in [1.54, 1.807) is 24.8 Å². The van der Waals surface area contributed by atoms with Gasteiger partial charge in [-0.2, -0.15) is 0 Å². The van der Waals surface area contributed by atoms with Gasteiger partial charge in [0.25, 0.3) is 0 Å². The lowest BCUT2D eigenvalue weighted by Gasteiger charge is -2.25. The number of aromatic nitrogens is 3. The Labute approximate surface area is 142 Å². The Bertz CT molecular complexity index is 747. The maximum atomic E-state index is 5.66. The predicted octanol–water partition coefficient (Wildman–Crippen LogP) is 3.86. The van der Waals surface area contributed by atoms with Gasteiger partial charge in [-0.15, -0.1) is 0 Å². The van der Waals surface area contributed by atoms with E-state index < -0.39 is 0 Å². The number of pyridine rings is 1. The highest BCUT2D eigenvalue weighted by Crippen LogP contribution is 2.22. The van der Waals surface area contributed by atoms with Gasteiger partial charge >= 0.3 is 0 Å². The van der Waals surface area contributed by atoms with Crippen LogP contribution in [-0.2, 0) is 6.54 Å². The molecule has 2 heterocycles. The van der Waals surface area contributed by atoms with Crippen LogP contribution in [0.4, 0.5) is 0 Å². The van der Waals surface area contributed by atoms with Gasteiger partial charge in [-0.25, -0.2) is 4.98 Å². The molecule has 0 saturated carbocycles. The van der Waals surface area contributed by atoms with Crippen molar-refractivity contribution in [1.82, 2.24) is 19.9 Å². The molecule has 0 amide bonds. The Hall–Kier alpha value is -2.79. The van der Waals surface area contributed by atoms with E-state index in [4.69, 9.17) is 4.74 Å². The van der Waals surface area contributed by atoms with Crippen molar-refractivity contribution in [3.8, 4) is 11.6 Å². The molecule has 5 heteroatoms. The minimum absolute atomic E-state index is 0.300. The van der Waals surface area contributed by atoms with E-state index >= 15 is 0 Å². The Morgan fingerprint density at radius 1 is 1.00 bits per heavy atom. The molecule has 0 saturated heterocycles. The first-order chi connectivity index (χ1) is 11.7. The first kappa shape index (κ1) is 16.1. The minimum atomic E-state index is 0.300. The van der Waals surface area contributed by atoms with Gasteiger partial charge in [0, 0.05) is 37.4 Å². The van der Waals surface area contributed by atoms with Gasteiger partial charge < -0.3 is 4.74 Å². The Morgan fingerprint density at radius 2 is 1.79 bits per heavy atom.